The number of guanidine groups is 1. The molecular formula is C15H26N6O2. The van der Waals surface area contributed by atoms with E-state index in [2.05, 4.69) is 32.3 Å². The van der Waals surface area contributed by atoms with Gasteiger partial charge in [-0.1, -0.05) is 0 Å². The van der Waals surface area contributed by atoms with E-state index in [9.17, 15) is 4.79 Å². The van der Waals surface area contributed by atoms with E-state index in [0.717, 1.165) is 50.8 Å². The first-order valence-electron chi connectivity index (χ1n) is 8.17. The maximum Gasteiger partial charge on any atom is 0.308 e. The Labute approximate surface area is 136 Å². The van der Waals surface area contributed by atoms with Gasteiger partial charge in [0.2, 0.25) is 0 Å². The number of carbonyl (C=O) groups excluding carboxylic acids is 1. The zero-order valence-corrected chi connectivity index (χ0v) is 14.2. The Hall–Kier alpha value is -2.12. The highest BCUT2D eigenvalue weighted by atomic mass is 16.5. The molecule has 8 nitrogen and oxygen atoms in total. The standard InChI is InChI=1S/C15H26N6O2/c1-4-16-15(17-10-13-19-18-11-20(13)5-2)21-8-6-12(7-9-21)14(22)23-3/h11-12H,4-10H2,1-3H3,(H,16,17). The van der Waals surface area contributed by atoms with Crippen molar-refractivity contribution in [2.75, 3.05) is 26.7 Å². The number of ether oxygens (including phenoxy) is 1. The zero-order valence-electron chi connectivity index (χ0n) is 14.2. The molecule has 8 heteroatoms. The highest BCUT2D eigenvalue weighted by molar-refractivity contribution is 5.80. The molecule has 0 atom stereocenters. The molecule has 0 spiro atoms. The van der Waals surface area contributed by atoms with Crippen LogP contribution in [0, 0.1) is 5.92 Å². The summed E-state index contributed by atoms with van der Waals surface area (Å²) in [5.74, 6) is 1.61. The average Bonchev–Trinajstić information content (AvgIpc) is 3.05. The molecule has 128 valence electrons. The lowest BCUT2D eigenvalue weighted by Gasteiger charge is -2.33. The fourth-order valence-electron chi connectivity index (χ4n) is 2.73. The van der Waals surface area contributed by atoms with Gasteiger partial charge < -0.3 is 19.5 Å². The molecule has 1 aromatic rings. The number of rotatable bonds is 5. The van der Waals surface area contributed by atoms with Crippen molar-refractivity contribution < 1.29 is 9.53 Å². The van der Waals surface area contributed by atoms with Gasteiger partial charge in [-0.2, -0.15) is 0 Å². The van der Waals surface area contributed by atoms with Crippen LogP contribution < -0.4 is 5.32 Å². The Morgan fingerprint density at radius 1 is 1.43 bits per heavy atom. The number of esters is 1. The zero-order chi connectivity index (χ0) is 16.7. The second-order valence-electron chi connectivity index (χ2n) is 5.49. The number of hydrogen-bond donors (Lipinski definition) is 1. The predicted molar refractivity (Wildman–Crippen MR) is 86.8 cm³/mol. The monoisotopic (exact) mass is 322 g/mol. The van der Waals surface area contributed by atoms with Crippen LogP contribution >= 0.6 is 0 Å². The minimum absolute atomic E-state index is 0.00214. The summed E-state index contributed by atoms with van der Waals surface area (Å²) < 4.78 is 6.82. The lowest BCUT2D eigenvalue weighted by molar-refractivity contribution is -0.146. The molecule has 1 N–H and O–H groups in total. The molecule has 1 fully saturated rings. The molecule has 23 heavy (non-hydrogen) atoms. The molecule has 0 bridgehead atoms. The van der Waals surface area contributed by atoms with Crippen molar-refractivity contribution in [3.63, 3.8) is 0 Å². The maximum atomic E-state index is 11.6. The maximum absolute atomic E-state index is 11.6. The minimum atomic E-state index is -0.109. The van der Waals surface area contributed by atoms with Crippen LogP contribution in [0.1, 0.15) is 32.5 Å². The number of nitrogens with one attached hydrogen (secondary N) is 1. The number of methoxy groups -OCH3 is 1. The van der Waals surface area contributed by atoms with Gasteiger partial charge in [-0.25, -0.2) is 4.99 Å². The summed E-state index contributed by atoms with van der Waals surface area (Å²) in [5.41, 5.74) is 0. The smallest absolute Gasteiger partial charge is 0.308 e. The minimum Gasteiger partial charge on any atom is -0.469 e. The second kappa shape index (κ2) is 8.50. The normalized spacial score (nSPS) is 16.5. The summed E-state index contributed by atoms with van der Waals surface area (Å²) in [6, 6.07) is 0. The van der Waals surface area contributed by atoms with E-state index in [1.54, 1.807) is 6.33 Å². The second-order valence-corrected chi connectivity index (χ2v) is 5.49. The van der Waals surface area contributed by atoms with Gasteiger partial charge >= 0.3 is 5.97 Å². The van der Waals surface area contributed by atoms with E-state index in [4.69, 9.17) is 4.74 Å². The Morgan fingerprint density at radius 2 is 2.17 bits per heavy atom. The van der Waals surface area contributed by atoms with Crippen molar-refractivity contribution in [1.29, 1.82) is 0 Å². The molecule has 1 aliphatic heterocycles. The van der Waals surface area contributed by atoms with Gasteiger partial charge in [0.1, 0.15) is 12.9 Å². The van der Waals surface area contributed by atoms with Crippen molar-refractivity contribution in [2.45, 2.75) is 39.8 Å². The summed E-state index contributed by atoms with van der Waals surface area (Å²) in [6.07, 6.45) is 3.31. The number of nitrogens with zero attached hydrogens (tertiary/aromatic N) is 5. The first-order valence-corrected chi connectivity index (χ1v) is 8.17. The first-order chi connectivity index (χ1) is 11.2. The number of carbonyl (C=O) groups is 1. The van der Waals surface area contributed by atoms with Gasteiger partial charge in [0.15, 0.2) is 11.8 Å². The van der Waals surface area contributed by atoms with Crippen LogP contribution in [-0.2, 0) is 22.6 Å². The Kier molecular flexibility index (Phi) is 6.37. The van der Waals surface area contributed by atoms with Crippen LogP contribution in [0.15, 0.2) is 11.3 Å². The number of piperidine rings is 1. The summed E-state index contributed by atoms with van der Waals surface area (Å²) in [7, 11) is 1.45. The van der Waals surface area contributed by atoms with E-state index in [-0.39, 0.29) is 11.9 Å². The van der Waals surface area contributed by atoms with Crippen molar-refractivity contribution in [3.05, 3.63) is 12.2 Å². The van der Waals surface area contributed by atoms with E-state index < -0.39 is 0 Å². The van der Waals surface area contributed by atoms with Crippen LogP contribution in [0.2, 0.25) is 0 Å². The quantitative estimate of drug-likeness (QED) is 0.487. The number of aromatic nitrogens is 3. The van der Waals surface area contributed by atoms with Gasteiger partial charge in [0.05, 0.1) is 13.0 Å². The number of aryl methyl sites for hydroxylation is 1. The van der Waals surface area contributed by atoms with Gasteiger partial charge in [-0.3, -0.25) is 4.79 Å². The largest absolute Gasteiger partial charge is 0.469 e. The Morgan fingerprint density at radius 3 is 2.78 bits per heavy atom. The fraction of sp³-hybridized carbons (Fsp3) is 0.733. The molecule has 1 aromatic heterocycles. The SMILES string of the molecule is CCNC(=NCc1nncn1CC)N1CCC(C(=O)OC)CC1. The van der Waals surface area contributed by atoms with Crippen molar-refractivity contribution >= 4 is 11.9 Å². The van der Waals surface area contributed by atoms with Gasteiger partial charge in [-0.15, -0.1) is 10.2 Å². The molecule has 2 heterocycles. The lowest BCUT2D eigenvalue weighted by Crippen LogP contribution is -2.46. The van der Waals surface area contributed by atoms with Crippen LogP contribution in [0.3, 0.4) is 0 Å². The first kappa shape index (κ1) is 17.2. The summed E-state index contributed by atoms with van der Waals surface area (Å²) in [6.45, 7) is 7.82. The van der Waals surface area contributed by atoms with E-state index >= 15 is 0 Å². The molecule has 0 aliphatic carbocycles. The fourth-order valence-corrected chi connectivity index (χ4v) is 2.73. The third kappa shape index (κ3) is 4.43. The molecule has 1 saturated heterocycles. The molecule has 2 rings (SSSR count). The van der Waals surface area contributed by atoms with Crippen LogP contribution in [0.4, 0.5) is 0 Å². The molecule has 0 unspecified atom stereocenters. The molecule has 0 radical (unpaired) electrons. The highest BCUT2D eigenvalue weighted by Crippen LogP contribution is 2.18. The average molecular weight is 322 g/mol. The van der Waals surface area contributed by atoms with Gasteiger partial charge in [-0.05, 0) is 26.7 Å². The Balaban J connectivity index is 1.98. The predicted octanol–water partition coefficient (Wildman–Crippen LogP) is 0.649. The molecule has 0 saturated carbocycles. The molecule has 0 aromatic carbocycles. The summed E-state index contributed by atoms with van der Waals surface area (Å²) >= 11 is 0. The van der Waals surface area contributed by atoms with E-state index in [1.165, 1.54) is 7.11 Å². The third-order valence-electron chi connectivity index (χ3n) is 4.07. The summed E-state index contributed by atoms with van der Waals surface area (Å²) in [4.78, 5) is 18.5. The van der Waals surface area contributed by atoms with Crippen molar-refractivity contribution in [1.82, 2.24) is 25.0 Å². The topological polar surface area (TPSA) is 84.6 Å². The van der Waals surface area contributed by atoms with E-state index in [1.807, 2.05) is 11.5 Å². The summed E-state index contributed by atoms with van der Waals surface area (Å²) in [5, 5.41) is 11.3. The molecular weight excluding hydrogens is 296 g/mol. The number of aliphatic imine (C=N–C) groups is 1. The van der Waals surface area contributed by atoms with Crippen molar-refractivity contribution in [3.8, 4) is 0 Å². The van der Waals surface area contributed by atoms with Gasteiger partial charge in [0.25, 0.3) is 0 Å². The lowest BCUT2D eigenvalue weighted by atomic mass is 9.97. The van der Waals surface area contributed by atoms with E-state index in [0.29, 0.717) is 6.54 Å². The Bertz CT molecular complexity index is 534. The highest BCUT2D eigenvalue weighted by Gasteiger charge is 2.26. The van der Waals surface area contributed by atoms with Gasteiger partial charge in [0, 0.05) is 26.2 Å². The van der Waals surface area contributed by atoms with Crippen LogP contribution in [0.5, 0.6) is 0 Å². The van der Waals surface area contributed by atoms with Crippen molar-refractivity contribution in [2.24, 2.45) is 10.9 Å². The van der Waals surface area contributed by atoms with Crippen LogP contribution in [-0.4, -0.2) is 58.3 Å². The molecule has 1 aliphatic rings. The number of hydrogen-bond acceptors (Lipinski definition) is 5. The van der Waals surface area contributed by atoms with Crippen LogP contribution in [0.25, 0.3) is 0 Å². The number of likely N-dealkylation sites (tertiary alicyclic amines) is 1. The molecule has 0 amide bonds. The third-order valence-corrected chi connectivity index (χ3v) is 4.07.